The van der Waals surface area contributed by atoms with Gasteiger partial charge < -0.3 is 14.7 Å². The van der Waals surface area contributed by atoms with Gasteiger partial charge in [-0.05, 0) is 49.2 Å². The van der Waals surface area contributed by atoms with Crippen molar-refractivity contribution in [3.05, 3.63) is 59.1 Å². The van der Waals surface area contributed by atoms with Gasteiger partial charge in [-0.1, -0.05) is 35.9 Å². The van der Waals surface area contributed by atoms with Crippen molar-refractivity contribution in [1.82, 2.24) is 9.80 Å². The molecule has 0 aromatic heterocycles. The molecule has 164 valence electrons. The molecule has 2 fully saturated rings. The van der Waals surface area contributed by atoms with E-state index in [4.69, 9.17) is 11.6 Å². The van der Waals surface area contributed by atoms with E-state index >= 15 is 0 Å². The van der Waals surface area contributed by atoms with Crippen LogP contribution in [0.25, 0.3) is 0 Å². The molecule has 5 nitrogen and oxygen atoms in total. The van der Waals surface area contributed by atoms with Crippen molar-refractivity contribution in [3.63, 3.8) is 0 Å². The van der Waals surface area contributed by atoms with Gasteiger partial charge in [0, 0.05) is 68.6 Å². The first-order valence-electron chi connectivity index (χ1n) is 11.6. The zero-order chi connectivity index (χ0) is 21.2. The molecule has 5 rings (SSSR count). The van der Waals surface area contributed by atoms with Gasteiger partial charge in [-0.15, -0.1) is 0 Å². The number of anilines is 2. The lowest BCUT2D eigenvalue weighted by Crippen LogP contribution is -2.56. The van der Waals surface area contributed by atoms with E-state index in [-0.39, 0.29) is 6.04 Å². The van der Waals surface area contributed by atoms with Crippen LogP contribution < -0.4 is 9.80 Å². The average molecular weight is 439 g/mol. The molecule has 3 aliphatic rings. The molecular formula is C25H31ClN4O. The van der Waals surface area contributed by atoms with E-state index in [2.05, 4.69) is 56.0 Å². The van der Waals surface area contributed by atoms with E-state index in [1.807, 2.05) is 12.1 Å². The maximum absolute atomic E-state index is 13.0. The lowest BCUT2D eigenvalue weighted by molar-refractivity contribution is -0.134. The number of halogens is 1. The van der Waals surface area contributed by atoms with Gasteiger partial charge in [0.25, 0.3) is 0 Å². The van der Waals surface area contributed by atoms with Gasteiger partial charge in [-0.3, -0.25) is 9.69 Å². The highest BCUT2D eigenvalue weighted by molar-refractivity contribution is 6.30. The molecule has 0 N–H and O–H groups in total. The van der Waals surface area contributed by atoms with Crippen molar-refractivity contribution in [2.75, 3.05) is 62.2 Å². The second-order valence-electron chi connectivity index (χ2n) is 8.88. The van der Waals surface area contributed by atoms with Gasteiger partial charge in [-0.25, -0.2) is 0 Å². The molecule has 3 aliphatic heterocycles. The van der Waals surface area contributed by atoms with Gasteiger partial charge in [0.15, 0.2) is 0 Å². The summed E-state index contributed by atoms with van der Waals surface area (Å²) in [6, 6.07) is 16.6. The third-order valence-corrected chi connectivity index (χ3v) is 7.23. The standard InChI is InChI=1S/C25H31ClN4O/c26-21-7-5-8-22(19-21)28-14-12-27(13-15-28)10-3-4-11-29-16-17-30-23-9-2-1-6-20(23)18-24(30)25(29)31/h1-2,5-9,19,24H,3-4,10-18H2. The second kappa shape index (κ2) is 9.09. The van der Waals surface area contributed by atoms with Gasteiger partial charge >= 0.3 is 0 Å². The third kappa shape index (κ3) is 4.39. The number of hydrogen-bond acceptors (Lipinski definition) is 4. The first-order chi connectivity index (χ1) is 15.2. The third-order valence-electron chi connectivity index (χ3n) is 7.00. The van der Waals surface area contributed by atoms with Crippen molar-refractivity contribution in [2.24, 2.45) is 0 Å². The quantitative estimate of drug-likeness (QED) is 0.645. The molecule has 2 aromatic carbocycles. The number of carbonyl (C=O) groups is 1. The van der Waals surface area contributed by atoms with Gasteiger partial charge in [0.1, 0.15) is 6.04 Å². The molecule has 0 radical (unpaired) electrons. The van der Waals surface area contributed by atoms with E-state index < -0.39 is 0 Å². The van der Waals surface area contributed by atoms with E-state index in [9.17, 15) is 4.79 Å². The van der Waals surface area contributed by atoms with Crippen LogP contribution in [0, 0.1) is 0 Å². The highest BCUT2D eigenvalue weighted by atomic mass is 35.5. The Labute approximate surface area is 190 Å². The van der Waals surface area contributed by atoms with Crippen LogP contribution in [0.15, 0.2) is 48.5 Å². The lowest BCUT2D eigenvalue weighted by atomic mass is 10.1. The van der Waals surface area contributed by atoms with E-state index in [0.29, 0.717) is 5.91 Å². The van der Waals surface area contributed by atoms with Crippen molar-refractivity contribution in [2.45, 2.75) is 25.3 Å². The van der Waals surface area contributed by atoms with Crippen LogP contribution in [0.3, 0.4) is 0 Å². The predicted molar refractivity (Wildman–Crippen MR) is 127 cm³/mol. The normalized spacial score (nSPS) is 21.4. The molecule has 0 aliphatic carbocycles. The van der Waals surface area contributed by atoms with Crippen molar-refractivity contribution in [3.8, 4) is 0 Å². The fourth-order valence-electron chi connectivity index (χ4n) is 5.26. The minimum Gasteiger partial charge on any atom is -0.369 e. The molecule has 1 unspecified atom stereocenters. The van der Waals surface area contributed by atoms with E-state index in [1.54, 1.807) is 0 Å². The zero-order valence-corrected chi connectivity index (χ0v) is 18.8. The Morgan fingerprint density at radius 3 is 2.52 bits per heavy atom. The minimum atomic E-state index is 0.0192. The number of para-hydroxylation sites is 1. The number of carbonyl (C=O) groups excluding carboxylic acids is 1. The summed E-state index contributed by atoms with van der Waals surface area (Å²) in [4.78, 5) is 22.4. The molecule has 1 amide bonds. The number of piperazine rings is 2. The summed E-state index contributed by atoms with van der Waals surface area (Å²) < 4.78 is 0. The summed E-state index contributed by atoms with van der Waals surface area (Å²) in [7, 11) is 0. The zero-order valence-electron chi connectivity index (χ0n) is 18.0. The van der Waals surface area contributed by atoms with Crippen molar-refractivity contribution in [1.29, 1.82) is 0 Å². The number of amides is 1. The highest BCUT2D eigenvalue weighted by Crippen LogP contribution is 2.34. The van der Waals surface area contributed by atoms with Crippen LogP contribution in [0.4, 0.5) is 11.4 Å². The number of hydrogen-bond donors (Lipinski definition) is 0. The number of rotatable bonds is 6. The minimum absolute atomic E-state index is 0.0192. The molecule has 0 bridgehead atoms. The Bertz CT molecular complexity index is 927. The van der Waals surface area contributed by atoms with Gasteiger partial charge in [0.05, 0.1) is 0 Å². The van der Waals surface area contributed by atoms with Crippen molar-refractivity contribution >= 4 is 28.9 Å². The fourth-order valence-corrected chi connectivity index (χ4v) is 5.44. The summed E-state index contributed by atoms with van der Waals surface area (Å²) in [5, 5.41) is 0.803. The highest BCUT2D eigenvalue weighted by Gasteiger charge is 2.39. The molecule has 3 heterocycles. The molecule has 1 atom stereocenters. The van der Waals surface area contributed by atoms with Crippen LogP contribution in [0.5, 0.6) is 0 Å². The summed E-state index contributed by atoms with van der Waals surface area (Å²) in [6.07, 6.45) is 3.10. The van der Waals surface area contributed by atoms with Gasteiger partial charge in [0.2, 0.25) is 5.91 Å². The average Bonchev–Trinajstić information content (AvgIpc) is 3.18. The predicted octanol–water partition coefficient (Wildman–Crippen LogP) is 3.52. The number of fused-ring (bicyclic) bond motifs is 3. The van der Waals surface area contributed by atoms with Crippen molar-refractivity contribution < 1.29 is 4.79 Å². The molecule has 2 aromatic rings. The first-order valence-corrected chi connectivity index (χ1v) is 11.9. The lowest BCUT2D eigenvalue weighted by Gasteiger charge is -2.38. The summed E-state index contributed by atoms with van der Waals surface area (Å²) >= 11 is 6.14. The van der Waals surface area contributed by atoms with Gasteiger partial charge in [-0.2, -0.15) is 0 Å². The molecular weight excluding hydrogens is 408 g/mol. The monoisotopic (exact) mass is 438 g/mol. The SMILES string of the molecule is O=C1C2Cc3ccccc3N2CCN1CCCCN1CCN(c2cccc(Cl)c2)CC1. The van der Waals surface area contributed by atoms with E-state index in [1.165, 1.54) is 16.9 Å². The largest absolute Gasteiger partial charge is 0.369 e. The Hall–Kier alpha value is -2.24. The second-order valence-corrected chi connectivity index (χ2v) is 9.32. The topological polar surface area (TPSA) is 30.0 Å². The van der Waals surface area contributed by atoms with Crippen LogP contribution in [-0.4, -0.2) is 74.1 Å². The van der Waals surface area contributed by atoms with Crippen LogP contribution in [-0.2, 0) is 11.2 Å². The van der Waals surface area contributed by atoms with Crippen LogP contribution in [0.2, 0.25) is 5.02 Å². The Morgan fingerprint density at radius 1 is 0.871 bits per heavy atom. The Kier molecular flexibility index (Phi) is 6.06. The number of unbranched alkanes of at least 4 members (excludes halogenated alkanes) is 1. The Morgan fingerprint density at radius 2 is 1.68 bits per heavy atom. The summed E-state index contributed by atoms with van der Waals surface area (Å²) in [6.45, 7) is 8.08. The number of benzene rings is 2. The van der Waals surface area contributed by atoms with Crippen LogP contribution in [0.1, 0.15) is 18.4 Å². The first kappa shape index (κ1) is 20.7. The molecule has 6 heteroatoms. The smallest absolute Gasteiger partial charge is 0.245 e. The van der Waals surface area contributed by atoms with E-state index in [0.717, 1.165) is 76.6 Å². The molecule has 2 saturated heterocycles. The molecule has 0 spiro atoms. The maximum Gasteiger partial charge on any atom is 0.245 e. The molecule has 0 saturated carbocycles. The molecule has 31 heavy (non-hydrogen) atoms. The summed E-state index contributed by atoms with van der Waals surface area (Å²) in [5.74, 6) is 0.317. The fraction of sp³-hybridized carbons (Fsp3) is 0.480. The van der Waals surface area contributed by atoms with Crippen LogP contribution >= 0.6 is 11.6 Å². The Balaban J connectivity index is 1.04. The number of nitrogens with zero attached hydrogens (tertiary/aromatic N) is 4. The summed E-state index contributed by atoms with van der Waals surface area (Å²) in [5.41, 5.74) is 3.80. The maximum atomic E-state index is 13.0.